The highest BCUT2D eigenvalue weighted by atomic mass is 17.1. The summed E-state index contributed by atoms with van der Waals surface area (Å²) in [6.07, 6.45) is -1.46. The van der Waals surface area contributed by atoms with Crippen LogP contribution in [0.25, 0.3) is 0 Å². The maximum Gasteiger partial charge on any atom is 0.504 e. The van der Waals surface area contributed by atoms with Crippen LogP contribution in [0.15, 0.2) is 24.3 Å². The number of anilines is 1. The van der Waals surface area contributed by atoms with Crippen LogP contribution in [-0.4, -0.2) is 16.4 Å². The van der Waals surface area contributed by atoms with Gasteiger partial charge in [-0.05, 0) is 17.0 Å². The summed E-state index contributed by atoms with van der Waals surface area (Å²) >= 11 is 0. The van der Waals surface area contributed by atoms with Gasteiger partial charge in [0.1, 0.15) is 5.69 Å². The van der Waals surface area contributed by atoms with Crippen LogP contribution >= 0.6 is 0 Å². The lowest BCUT2D eigenvalue weighted by molar-refractivity contribution is -0.486. The second-order valence-corrected chi connectivity index (χ2v) is 4.67. The monoisotopic (exact) mass is 254 g/mol. The van der Waals surface area contributed by atoms with Crippen LogP contribution in [0.2, 0.25) is 0 Å². The van der Waals surface area contributed by atoms with Gasteiger partial charge in [-0.1, -0.05) is 39.0 Å². The van der Waals surface area contributed by atoms with Crippen molar-refractivity contribution in [2.24, 2.45) is 0 Å². The molecular weight excluding hydrogens is 240 g/mol. The molecule has 1 aromatic carbocycles. The van der Waals surface area contributed by atoms with Gasteiger partial charge in [0.15, 0.2) is 5.03 Å². The van der Waals surface area contributed by atoms with Crippen molar-refractivity contribution in [3.8, 4) is 0 Å². The molecule has 7 nitrogen and oxygen atoms in total. The number of rotatable bonds is 2. The van der Waals surface area contributed by atoms with Crippen molar-refractivity contribution in [2.45, 2.75) is 26.2 Å². The van der Waals surface area contributed by atoms with Crippen LogP contribution in [0.3, 0.4) is 0 Å². The van der Waals surface area contributed by atoms with Gasteiger partial charge in [-0.25, -0.2) is 14.9 Å². The Morgan fingerprint density at radius 3 is 2.39 bits per heavy atom. The van der Waals surface area contributed by atoms with Crippen molar-refractivity contribution >= 4 is 11.8 Å². The molecule has 1 rings (SSSR count). The van der Waals surface area contributed by atoms with E-state index in [-0.39, 0.29) is 10.7 Å². The Balaban J connectivity index is 3.38. The minimum atomic E-state index is -1.46. The summed E-state index contributed by atoms with van der Waals surface area (Å²) < 4.78 is 0. The van der Waals surface area contributed by atoms with Gasteiger partial charge in [-0.3, -0.25) is 4.89 Å². The van der Waals surface area contributed by atoms with E-state index >= 15 is 0 Å². The third-order valence-corrected chi connectivity index (χ3v) is 2.35. The zero-order chi connectivity index (χ0) is 13.9. The smallest absolute Gasteiger partial charge is 0.274 e. The fourth-order valence-corrected chi connectivity index (χ4v) is 1.58. The summed E-state index contributed by atoms with van der Waals surface area (Å²) in [6.45, 7) is 5.57. The predicted octanol–water partition coefficient (Wildman–Crippen LogP) is 2.59. The second kappa shape index (κ2) is 5.01. The summed E-state index contributed by atoms with van der Waals surface area (Å²) in [7, 11) is 0. The lowest BCUT2D eigenvalue weighted by atomic mass is 9.86. The van der Waals surface area contributed by atoms with E-state index in [4.69, 9.17) is 5.26 Å². The molecule has 0 saturated heterocycles. The molecule has 0 aliphatic heterocycles. The maximum absolute atomic E-state index is 11.2. The Kier molecular flexibility index (Phi) is 3.87. The Hall–Kier alpha value is -2.15. The number of hydrazine groups is 1. The average molecular weight is 254 g/mol. The van der Waals surface area contributed by atoms with Gasteiger partial charge in [0, 0.05) is 5.01 Å². The van der Waals surface area contributed by atoms with Crippen molar-refractivity contribution in [2.75, 3.05) is 5.01 Å². The van der Waals surface area contributed by atoms with Crippen LogP contribution in [0, 0.1) is 10.1 Å². The highest BCUT2D eigenvalue weighted by molar-refractivity contribution is 5.85. The lowest BCUT2D eigenvalue weighted by Crippen LogP contribution is -2.38. The first-order chi connectivity index (χ1) is 8.29. The molecule has 98 valence electrons. The van der Waals surface area contributed by atoms with E-state index < -0.39 is 16.5 Å². The van der Waals surface area contributed by atoms with Crippen LogP contribution in [0.4, 0.5) is 10.5 Å². The minimum absolute atomic E-state index is 0.0639. The third-order valence-electron chi connectivity index (χ3n) is 2.35. The van der Waals surface area contributed by atoms with Gasteiger partial charge >= 0.3 is 6.09 Å². The summed E-state index contributed by atoms with van der Waals surface area (Å²) in [4.78, 5) is 25.6. The van der Waals surface area contributed by atoms with Crippen molar-refractivity contribution in [3.05, 3.63) is 39.9 Å². The zero-order valence-electron chi connectivity index (χ0n) is 10.3. The molecule has 0 heterocycles. The number of nitrogens with zero attached hydrogens (tertiary/aromatic N) is 2. The van der Waals surface area contributed by atoms with E-state index in [0.29, 0.717) is 5.56 Å². The molecule has 0 bridgehead atoms. The SMILES string of the molecule is CC(C)(C)c1ccccc1N(C(=O)OO)[N+](=O)[O-]. The highest BCUT2D eigenvalue weighted by Crippen LogP contribution is 2.32. The molecule has 0 aliphatic carbocycles. The van der Waals surface area contributed by atoms with Gasteiger partial charge in [0.2, 0.25) is 0 Å². The summed E-state index contributed by atoms with van der Waals surface area (Å²) in [5.74, 6) is 0. The summed E-state index contributed by atoms with van der Waals surface area (Å²) in [5.41, 5.74) is 0.252. The molecule has 0 aliphatic rings. The molecule has 0 saturated carbocycles. The number of benzene rings is 1. The van der Waals surface area contributed by atoms with E-state index in [0.717, 1.165) is 0 Å². The average Bonchev–Trinajstić information content (AvgIpc) is 2.27. The van der Waals surface area contributed by atoms with Crippen molar-refractivity contribution in [1.29, 1.82) is 0 Å². The van der Waals surface area contributed by atoms with Gasteiger partial charge in [0.25, 0.3) is 0 Å². The Morgan fingerprint density at radius 1 is 1.39 bits per heavy atom. The molecule has 1 amide bonds. The normalized spacial score (nSPS) is 10.9. The molecule has 0 radical (unpaired) electrons. The quantitative estimate of drug-likeness (QED) is 0.497. The Labute approximate surface area is 104 Å². The molecule has 0 spiro atoms. The van der Waals surface area contributed by atoms with E-state index in [1.54, 1.807) is 18.2 Å². The molecule has 0 fully saturated rings. The number of nitro groups is 1. The van der Waals surface area contributed by atoms with E-state index in [9.17, 15) is 14.9 Å². The van der Waals surface area contributed by atoms with E-state index in [1.807, 2.05) is 20.8 Å². The first-order valence-electron chi connectivity index (χ1n) is 5.18. The second-order valence-electron chi connectivity index (χ2n) is 4.67. The number of para-hydroxylation sites is 1. The van der Waals surface area contributed by atoms with Crippen LogP contribution < -0.4 is 5.01 Å². The van der Waals surface area contributed by atoms with Gasteiger partial charge in [-0.2, -0.15) is 5.26 Å². The van der Waals surface area contributed by atoms with Crippen LogP contribution in [0.1, 0.15) is 26.3 Å². The summed E-state index contributed by atoms with van der Waals surface area (Å²) in [6, 6.07) is 6.37. The fourth-order valence-electron chi connectivity index (χ4n) is 1.58. The summed E-state index contributed by atoms with van der Waals surface area (Å²) in [5, 5.41) is 18.4. The van der Waals surface area contributed by atoms with Gasteiger partial charge in [0.05, 0.1) is 0 Å². The van der Waals surface area contributed by atoms with Crippen molar-refractivity contribution in [3.63, 3.8) is 0 Å². The number of amides is 1. The van der Waals surface area contributed by atoms with Crippen LogP contribution in [0.5, 0.6) is 0 Å². The highest BCUT2D eigenvalue weighted by Gasteiger charge is 2.33. The topological polar surface area (TPSA) is 92.9 Å². The number of carbonyl (C=O) groups excluding carboxylic acids is 1. The van der Waals surface area contributed by atoms with Crippen molar-refractivity contribution in [1.82, 2.24) is 0 Å². The number of carbonyl (C=O) groups is 1. The molecule has 0 aromatic heterocycles. The molecular formula is C11H14N2O5. The molecule has 0 atom stereocenters. The number of hydrogen-bond acceptors (Lipinski definition) is 5. The predicted molar refractivity (Wildman–Crippen MR) is 63.7 cm³/mol. The third kappa shape index (κ3) is 2.75. The van der Waals surface area contributed by atoms with E-state index in [2.05, 4.69) is 4.89 Å². The van der Waals surface area contributed by atoms with Crippen LogP contribution in [-0.2, 0) is 10.3 Å². The Morgan fingerprint density at radius 2 is 1.94 bits per heavy atom. The molecule has 0 unspecified atom stereocenters. The van der Waals surface area contributed by atoms with E-state index in [1.165, 1.54) is 6.07 Å². The van der Waals surface area contributed by atoms with Gasteiger partial charge < -0.3 is 0 Å². The standard InChI is InChI=1S/C11H14N2O5/c1-11(2,3)8-6-4-5-7-9(8)12(13(15)16)10(14)18-17/h4-7,17H,1-3H3. The first-order valence-corrected chi connectivity index (χ1v) is 5.18. The van der Waals surface area contributed by atoms with Crippen molar-refractivity contribution < 1.29 is 20.0 Å². The van der Waals surface area contributed by atoms with Gasteiger partial charge in [-0.15, -0.1) is 0 Å². The molecule has 18 heavy (non-hydrogen) atoms. The Bertz CT molecular complexity index is 467. The number of hydrogen-bond donors (Lipinski definition) is 1. The maximum atomic E-state index is 11.2. The largest absolute Gasteiger partial charge is 0.504 e. The molecule has 7 heteroatoms. The first kappa shape index (κ1) is 13.9. The zero-order valence-corrected chi connectivity index (χ0v) is 10.3. The lowest BCUT2D eigenvalue weighted by Gasteiger charge is -2.23. The fraction of sp³-hybridized carbons (Fsp3) is 0.364. The minimum Gasteiger partial charge on any atom is -0.274 e. The molecule has 1 aromatic rings. The molecule has 1 N–H and O–H groups in total.